The van der Waals surface area contributed by atoms with E-state index in [1.165, 1.54) is 0 Å². The van der Waals surface area contributed by atoms with E-state index in [1.807, 2.05) is 0 Å². The third-order valence-corrected chi connectivity index (χ3v) is 2.66. The van der Waals surface area contributed by atoms with Gasteiger partial charge in [-0.25, -0.2) is 4.79 Å². The second kappa shape index (κ2) is 6.83. The highest BCUT2D eigenvalue weighted by Crippen LogP contribution is 2.19. The molecular formula is C15H23NO4. The Labute approximate surface area is 119 Å². The van der Waals surface area contributed by atoms with Gasteiger partial charge in [0.25, 0.3) is 0 Å². The number of likely N-dealkylation sites (N-methyl/N-ethyl adjacent to an activating group) is 1. The van der Waals surface area contributed by atoms with Crippen molar-refractivity contribution >= 4 is 5.97 Å². The molecule has 0 amide bonds. The van der Waals surface area contributed by atoms with Crippen molar-refractivity contribution in [2.24, 2.45) is 0 Å². The summed E-state index contributed by atoms with van der Waals surface area (Å²) in [6.45, 7) is 5.69. The predicted octanol–water partition coefficient (Wildman–Crippen LogP) is 1.26. The monoisotopic (exact) mass is 281 g/mol. The Kier molecular flexibility index (Phi) is 5.68. The van der Waals surface area contributed by atoms with Gasteiger partial charge in [0.1, 0.15) is 11.7 Å². The van der Waals surface area contributed by atoms with E-state index < -0.39 is 23.8 Å². The molecule has 0 saturated heterocycles. The Balaban J connectivity index is 2.76. The van der Waals surface area contributed by atoms with Gasteiger partial charge in [-0.15, -0.1) is 0 Å². The SMILES string of the molecule is CNCC(O)C(O)c1ccc(C(=O)OC(C)(C)C)cc1. The third-order valence-electron chi connectivity index (χ3n) is 2.66. The van der Waals surface area contributed by atoms with Crippen molar-refractivity contribution in [3.05, 3.63) is 35.4 Å². The Morgan fingerprint density at radius 3 is 2.25 bits per heavy atom. The van der Waals surface area contributed by atoms with Gasteiger partial charge in [0.2, 0.25) is 0 Å². The Morgan fingerprint density at radius 2 is 1.80 bits per heavy atom. The van der Waals surface area contributed by atoms with Crippen molar-refractivity contribution in [1.82, 2.24) is 5.32 Å². The molecule has 1 aromatic rings. The Bertz CT molecular complexity index is 436. The predicted molar refractivity (Wildman–Crippen MR) is 76.5 cm³/mol. The fourth-order valence-corrected chi connectivity index (χ4v) is 1.70. The number of nitrogens with one attached hydrogen (secondary N) is 1. The number of carbonyl (C=O) groups is 1. The first-order valence-corrected chi connectivity index (χ1v) is 6.58. The van der Waals surface area contributed by atoms with Crippen LogP contribution in [0.1, 0.15) is 42.8 Å². The van der Waals surface area contributed by atoms with Crippen LogP contribution in [0.25, 0.3) is 0 Å². The van der Waals surface area contributed by atoms with Crippen molar-refractivity contribution < 1.29 is 19.7 Å². The van der Waals surface area contributed by atoms with Crippen LogP contribution in [0.5, 0.6) is 0 Å². The van der Waals surface area contributed by atoms with E-state index in [1.54, 1.807) is 52.1 Å². The molecule has 0 heterocycles. The minimum atomic E-state index is -0.991. The Hall–Kier alpha value is -1.43. The zero-order valence-electron chi connectivity index (χ0n) is 12.4. The fraction of sp³-hybridized carbons (Fsp3) is 0.533. The van der Waals surface area contributed by atoms with Gasteiger partial charge in [-0.1, -0.05) is 12.1 Å². The summed E-state index contributed by atoms with van der Waals surface area (Å²) >= 11 is 0. The number of carbonyl (C=O) groups excluding carboxylic acids is 1. The van der Waals surface area contributed by atoms with Crippen LogP contribution < -0.4 is 5.32 Å². The summed E-state index contributed by atoms with van der Waals surface area (Å²) in [5, 5.41) is 22.4. The Morgan fingerprint density at radius 1 is 1.25 bits per heavy atom. The zero-order valence-corrected chi connectivity index (χ0v) is 12.4. The van der Waals surface area contributed by atoms with Crippen molar-refractivity contribution in [2.45, 2.75) is 38.6 Å². The number of hydrogen-bond acceptors (Lipinski definition) is 5. The number of aliphatic hydroxyl groups excluding tert-OH is 2. The van der Waals surface area contributed by atoms with E-state index in [4.69, 9.17) is 4.74 Å². The maximum atomic E-state index is 11.8. The number of hydrogen-bond donors (Lipinski definition) is 3. The van der Waals surface area contributed by atoms with E-state index in [0.717, 1.165) is 0 Å². The van der Waals surface area contributed by atoms with Crippen molar-refractivity contribution in [3.63, 3.8) is 0 Å². The van der Waals surface area contributed by atoms with Gasteiger partial charge in [0, 0.05) is 6.54 Å². The minimum absolute atomic E-state index is 0.287. The van der Waals surface area contributed by atoms with Gasteiger partial charge in [0.05, 0.1) is 11.7 Å². The lowest BCUT2D eigenvalue weighted by Crippen LogP contribution is -2.29. The number of rotatable bonds is 5. The lowest BCUT2D eigenvalue weighted by molar-refractivity contribution is 0.00688. The highest BCUT2D eigenvalue weighted by Gasteiger charge is 2.20. The first-order valence-electron chi connectivity index (χ1n) is 6.58. The molecule has 0 bridgehead atoms. The van der Waals surface area contributed by atoms with Crippen LogP contribution in [0.2, 0.25) is 0 Å². The standard InChI is InChI=1S/C15H23NO4/c1-15(2,3)20-14(19)11-7-5-10(6-8-11)13(18)12(17)9-16-4/h5-8,12-13,16-18H,9H2,1-4H3. The summed E-state index contributed by atoms with van der Waals surface area (Å²) in [7, 11) is 1.70. The molecule has 5 heteroatoms. The number of esters is 1. The number of ether oxygens (including phenoxy) is 1. The van der Waals surface area contributed by atoms with Crippen LogP contribution in [0.3, 0.4) is 0 Å². The maximum Gasteiger partial charge on any atom is 0.338 e. The summed E-state index contributed by atoms with van der Waals surface area (Å²) in [4.78, 5) is 11.8. The third kappa shape index (κ3) is 4.92. The van der Waals surface area contributed by atoms with Crippen molar-refractivity contribution in [1.29, 1.82) is 0 Å². The lowest BCUT2D eigenvalue weighted by atomic mass is 10.0. The fourth-order valence-electron chi connectivity index (χ4n) is 1.70. The van der Waals surface area contributed by atoms with Crippen LogP contribution in [-0.4, -0.2) is 41.5 Å². The highest BCUT2D eigenvalue weighted by atomic mass is 16.6. The van der Waals surface area contributed by atoms with Crippen LogP contribution in [-0.2, 0) is 4.74 Å². The molecule has 2 atom stereocenters. The van der Waals surface area contributed by atoms with Gasteiger partial charge < -0.3 is 20.3 Å². The van der Waals surface area contributed by atoms with Gasteiger partial charge in [-0.3, -0.25) is 0 Å². The summed E-state index contributed by atoms with van der Waals surface area (Å²) in [6.07, 6.45) is -1.89. The summed E-state index contributed by atoms with van der Waals surface area (Å²) in [5.41, 5.74) is 0.428. The second-order valence-electron chi connectivity index (χ2n) is 5.69. The number of benzene rings is 1. The molecule has 0 saturated carbocycles. The van der Waals surface area contributed by atoms with Crippen molar-refractivity contribution in [3.8, 4) is 0 Å². The molecule has 1 rings (SSSR count). The quantitative estimate of drug-likeness (QED) is 0.708. The molecule has 0 aliphatic rings. The van der Waals surface area contributed by atoms with Crippen LogP contribution in [0.15, 0.2) is 24.3 Å². The summed E-state index contributed by atoms with van der Waals surface area (Å²) in [5.74, 6) is -0.408. The molecule has 3 N–H and O–H groups in total. The van der Waals surface area contributed by atoms with E-state index in [2.05, 4.69) is 5.32 Å². The topological polar surface area (TPSA) is 78.8 Å². The molecule has 0 spiro atoms. The molecule has 20 heavy (non-hydrogen) atoms. The van der Waals surface area contributed by atoms with Crippen LogP contribution in [0, 0.1) is 0 Å². The minimum Gasteiger partial charge on any atom is -0.456 e. The zero-order chi connectivity index (χ0) is 15.3. The van der Waals surface area contributed by atoms with Gasteiger partial charge >= 0.3 is 5.97 Å². The summed E-state index contributed by atoms with van der Waals surface area (Å²) in [6, 6.07) is 6.39. The number of aliphatic hydroxyl groups is 2. The first-order chi connectivity index (χ1) is 9.24. The molecule has 0 aliphatic heterocycles. The molecule has 112 valence electrons. The van der Waals surface area contributed by atoms with Gasteiger partial charge in [0.15, 0.2) is 0 Å². The van der Waals surface area contributed by atoms with Crippen molar-refractivity contribution in [2.75, 3.05) is 13.6 Å². The molecule has 0 radical (unpaired) electrons. The molecule has 5 nitrogen and oxygen atoms in total. The van der Waals surface area contributed by atoms with E-state index in [-0.39, 0.29) is 6.54 Å². The van der Waals surface area contributed by atoms with E-state index in [0.29, 0.717) is 11.1 Å². The molecule has 0 aliphatic carbocycles. The molecule has 0 aromatic heterocycles. The van der Waals surface area contributed by atoms with Gasteiger partial charge in [-0.05, 0) is 45.5 Å². The smallest absolute Gasteiger partial charge is 0.338 e. The lowest BCUT2D eigenvalue weighted by Gasteiger charge is -2.20. The van der Waals surface area contributed by atoms with Crippen LogP contribution in [0.4, 0.5) is 0 Å². The average molecular weight is 281 g/mol. The van der Waals surface area contributed by atoms with E-state index in [9.17, 15) is 15.0 Å². The molecule has 0 fully saturated rings. The van der Waals surface area contributed by atoms with Crippen LogP contribution >= 0.6 is 0 Å². The molecule has 2 unspecified atom stereocenters. The summed E-state index contributed by atoms with van der Waals surface area (Å²) < 4.78 is 5.25. The molecule has 1 aromatic carbocycles. The average Bonchev–Trinajstić information content (AvgIpc) is 2.36. The normalized spacial score (nSPS) is 14.7. The largest absolute Gasteiger partial charge is 0.456 e. The maximum absolute atomic E-state index is 11.8. The van der Waals surface area contributed by atoms with E-state index >= 15 is 0 Å². The first kappa shape index (κ1) is 16.6. The molecular weight excluding hydrogens is 258 g/mol. The second-order valence-corrected chi connectivity index (χ2v) is 5.69. The highest BCUT2D eigenvalue weighted by molar-refractivity contribution is 5.89. The van der Waals surface area contributed by atoms with Gasteiger partial charge in [-0.2, -0.15) is 0 Å².